The predicted molar refractivity (Wildman–Crippen MR) is 76.3 cm³/mol. The Labute approximate surface area is 107 Å². The molecule has 98 valence electrons. The molecule has 0 unspecified atom stereocenters. The molecule has 1 aromatic rings. The van der Waals surface area contributed by atoms with Gasteiger partial charge in [-0.3, -0.25) is 0 Å². The number of aromatic amines is 1. The zero-order chi connectivity index (χ0) is 12.2. The number of unbranched alkanes of at least 4 members (excludes halogenated alkanes) is 9. The number of H-pyrrole nitrogens is 1. The summed E-state index contributed by atoms with van der Waals surface area (Å²) in [6.45, 7) is 2.28. The first-order valence-electron chi connectivity index (χ1n) is 7.55. The molecule has 0 aliphatic rings. The van der Waals surface area contributed by atoms with Gasteiger partial charge in [-0.25, -0.2) is 0 Å². The highest BCUT2D eigenvalue weighted by atomic mass is 14.6. The number of hydrogen-bond donors (Lipinski definition) is 1. The van der Waals surface area contributed by atoms with Crippen LogP contribution in [0.2, 0.25) is 0 Å². The van der Waals surface area contributed by atoms with Crippen LogP contribution in [0.25, 0.3) is 0 Å². The predicted octanol–water partition coefficient (Wildman–Crippen LogP) is 5.48. The second-order valence-electron chi connectivity index (χ2n) is 5.15. The van der Waals surface area contributed by atoms with Crippen LogP contribution in [0.1, 0.15) is 76.7 Å². The van der Waals surface area contributed by atoms with Crippen LogP contribution in [-0.4, -0.2) is 4.98 Å². The van der Waals surface area contributed by atoms with Crippen LogP contribution in [0.15, 0.2) is 18.5 Å². The standard InChI is InChI=1S/C16H29N/c1-2-3-4-5-6-7-8-9-10-11-12-16-13-14-17-15-16/h13-15,17H,2-12H2,1H3. The molecule has 0 spiro atoms. The summed E-state index contributed by atoms with van der Waals surface area (Å²) in [5, 5.41) is 0. The maximum absolute atomic E-state index is 3.12. The van der Waals surface area contributed by atoms with Crippen molar-refractivity contribution < 1.29 is 0 Å². The molecule has 1 N–H and O–H groups in total. The monoisotopic (exact) mass is 235 g/mol. The molecule has 0 atom stereocenters. The summed E-state index contributed by atoms with van der Waals surface area (Å²) in [7, 11) is 0. The van der Waals surface area contributed by atoms with E-state index in [1.807, 2.05) is 6.20 Å². The van der Waals surface area contributed by atoms with Crippen LogP contribution in [0, 0.1) is 0 Å². The zero-order valence-electron chi connectivity index (χ0n) is 11.5. The Hall–Kier alpha value is -0.720. The van der Waals surface area contributed by atoms with Gasteiger partial charge in [0, 0.05) is 12.4 Å². The molecule has 0 aliphatic heterocycles. The fourth-order valence-corrected chi connectivity index (χ4v) is 2.33. The summed E-state index contributed by atoms with van der Waals surface area (Å²) < 4.78 is 0. The first-order chi connectivity index (χ1) is 8.43. The summed E-state index contributed by atoms with van der Waals surface area (Å²) in [5.74, 6) is 0. The van der Waals surface area contributed by atoms with Crippen LogP contribution in [0.4, 0.5) is 0 Å². The van der Waals surface area contributed by atoms with Crippen LogP contribution >= 0.6 is 0 Å². The fourth-order valence-electron chi connectivity index (χ4n) is 2.33. The third-order valence-electron chi connectivity index (χ3n) is 3.48. The first-order valence-corrected chi connectivity index (χ1v) is 7.55. The zero-order valence-corrected chi connectivity index (χ0v) is 11.5. The van der Waals surface area contributed by atoms with E-state index in [2.05, 4.69) is 24.2 Å². The molecule has 1 nitrogen and oxygen atoms in total. The second-order valence-corrected chi connectivity index (χ2v) is 5.15. The Morgan fingerprint density at radius 3 is 1.94 bits per heavy atom. The third-order valence-corrected chi connectivity index (χ3v) is 3.48. The minimum absolute atomic E-state index is 1.25. The highest BCUT2D eigenvalue weighted by molar-refractivity contribution is 5.07. The summed E-state index contributed by atoms with van der Waals surface area (Å²) in [4.78, 5) is 3.12. The van der Waals surface area contributed by atoms with Crippen molar-refractivity contribution in [3.8, 4) is 0 Å². The average molecular weight is 235 g/mol. The van der Waals surface area contributed by atoms with E-state index in [1.165, 1.54) is 76.2 Å². The number of rotatable bonds is 11. The van der Waals surface area contributed by atoms with Crippen LogP contribution in [0.3, 0.4) is 0 Å². The van der Waals surface area contributed by atoms with Crippen molar-refractivity contribution in [2.24, 2.45) is 0 Å². The molecule has 0 bridgehead atoms. The second kappa shape index (κ2) is 10.4. The van der Waals surface area contributed by atoms with Gasteiger partial charge in [-0.2, -0.15) is 0 Å². The van der Waals surface area contributed by atoms with Gasteiger partial charge in [0.15, 0.2) is 0 Å². The topological polar surface area (TPSA) is 15.8 Å². The molecule has 0 fully saturated rings. The summed E-state index contributed by atoms with van der Waals surface area (Å²) in [6, 6.07) is 2.19. The van der Waals surface area contributed by atoms with E-state index < -0.39 is 0 Å². The Morgan fingerprint density at radius 2 is 1.41 bits per heavy atom. The summed E-state index contributed by atoms with van der Waals surface area (Å²) >= 11 is 0. The van der Waals surface area contributed by atoms with Gasteiger partial charge in [0.1, 0.15) is 0 Å². The molecule has 1 rings (SSSR count). The van der Waals surface area contributed by atoms with Crippen LogP contribution in [-0.2, 0) is 6.42 Å². The Bertz CT molecular complexity index is 238. The molecule has 0 radical (unpaired) electrons. The smallest absolute Gasteiger partial charge is 0.00373 e. The van der Waals surface area contributed by atoms with E-state index in [-0.39, 0.29) is 0 Å². The van der Waals surface area contributed by atoms with Crippen molar-refractivity contribution in [1.29, 1.82) is 0 Å². The molecule has 1 aromatic heterocycles. The van der Waals surface area contributed by atoms with Crippen LogP contribution in [0.5, 0.6) is 0 Å². The van der Waals surface area contributed by atoms with Crippen molar-refractivity contribution in [2.45, 2.75) is 77.6 Å². The van der Waals surface area contributed by atoms with E-state index in [0.717, 1.165) is 0 Å². The van der Waals surface area contributed by atoms with Gasteiger partial charge >= 0.3 is 0 Å². The minimum Gasteiger partial charge on any atom is -0.367 e. The van der Waals surface area contributed by atoms with Gasteiger partial charge < -0.3 is 4.98 Å². The molecule has 0 aliphatic carbocycles. The quantitative estimate of drug-likeness (QED) is 0.489. The molecule has 1 heteroatoms. The Morgan fingerprint density at radius 1 is 0.824 bits per heavy atom. The Kier molecular flexibility index (Phi) is 8.80. The molecular weight excluding hydrogens is 206 g/mol. The van der Waals surface area contributed by atoms with E-state index in [0.29, 0.717) is 0 Å². The van der Waals surface area contributed by atoms with Gasteiger partial charge in [-0.05, 0) is 24.5 Å². The van der Waals surface area contributed by atoms with Gasteiger partial charge in [0.25, 0.3) is 0 Å². The van der Waals surface area contributed by atoms with E-state index in [1.54, 1.807) is 0 Å². The van der Waals surface area contributed by atoms with E-state index >= 15 is 0 Å². The lowest BCUT2D eigenvalue weighted by Gasteiger charge is -2.01. The van der Waals surface area contributed by atoms with Crippen molar-refractivity contribution in [1.82, 2.24) is 4.98 Å². The first kappa shape index (κ1) is 14.3. The molecule has 17 heavy (non-hydrogen) atoms. The van der Waals surface area contributed by atoms with Crippen molar-refractivity contribution in [2.75, 3.05) is 0 Å². The highest BCUT2D eigenvalue weighted by Gasteiger charge is 1.94. The van der Waals surface area contributed by atoms with Gasteiger partial charge in [-0.15, -0.1) is 0 Å². The maximum atomic E-state index is 3.12. The number of aryl methyl sites for hydroxylation is 1. The number of nitrogens with one attached hydrogen (secondary N) is 1. The minimum atomic E-state index is 1.25. The number of hydrogen-bond acceptors (Lipinski definition) is 0. The molecular formula is C16H29N. The Balaban J connectivity index is 1.76. The van der Waals surface area contributed by atoms with Crippen molar-refractivity contribution >= 4 is 0 Å². The van der Waals surface area contributed by atoms with Crippen molar-refractivity contribution in [3.63, 3.8) is 0 Å². The SMILES string of the molecule is CCCCCCCCCCCCc1cc[nH]c1. The van der Waals surface area contributed by atoms with Gasteiger partial charge in [0.05, 0.1) is 0 Å². The molecule has 0 saturated carbocycles. The van der Waals surface area contributed by atoms with Crippen LogP contribution < -0.4 is 0 Å². The largest absolute Gasteiger partial charge is 0.367 e. The van der Waals surface area contributed by atoms with Gasteiger partial charge in [-0.1, -0.05) is 64.7 Å². The van der Waals surface area contributed by atoms with Crippen molar-refractivity contribution in [3.05, 3.63) is 24.0 Å². The summed E-state index contributed by atoms with van der Waals surface area (Å²) in [5.41, 5.74) is 1.46. The molecule has 0 aromatic carbocycles. The number of aromatic nitrogens is 1. The fraction of sp³-hybridized carbons (Fsp3) is 0.750. The van der Waals surface area contributed by atoms with E-state index in [9.17, 15) is 0 Å². The van der Waals surface area contributed by atoms with Gasteiger partial charge in [0.2, 0.25) is 0 Å². The molecule has 1 heterocycles. The maximum Gasteiger partial charge on any atom is 0.00373 e. The lowest BCUT2D eigenvalue weighted by Crippen LogP contribution is -1.84. The lowest BCUT2D eigenvalue weighted by molar-refractivity contribution is 0.556. The molecule has 0 amide bonds. The van der Waals surface area contributed by atoms with E-state index in [4.69, 9.17) is 0 Å². The third kappa shape index (κ3) is 8.06. The normalized spacial score (nSPS) is 10.9. The summed E-state index contributed by atoms with van der Waals surface area (Å²) in [6.07, 6.45) is 19.6. The molecule has 0 saturated heterocycles. The highest BCUT2D eigenvalue weighted by Crippen LogP contribution is 2.12. The average Bonchev–Trinajstić information content (AvgIpc) is 2.85. The lowest BCUT2D eigenvalue weighted by atomic mass is 10.0.